The third-order valence-electron chi connectivity index (χ3n) is 4.42. The molecule has 102 valence electrons. The van der Waals surface area contributed by atoms with Crippen molar-refractivity contribution in [1.29, 1.82) is 0 Å². The van der Waals surface area contributed by atoms with E-state index in [0.717, 1.165) is 12.8 Å². The van der Waals surface area contributed by atoms with Gasteiger partial charge >= 0.3 is 5.97 Å². The van der Waals surface area contributed by atoms with Gasteiger partial charge in [-0.3, -0.25) is 9.59 Å². The van der Waals surface area contributed by atoms with E-state index in [1.165, 1.54) is 12.8 Å². The van der Waals surface area contributed by atoms with Gasteiger partial charge in [0.15, 0.2) is 0 Å². The topological polar surface area (TPSA) is 57.6 Å². The number of fused-ring (bicyclic) bond motifs is 2. The third kappa shape index (κ3) is 2.52. The fourth-order valence-electron chi connectivity index (χ4n) is 3.53. The van der Waals surface area contributed by atoms with E-state index in [1.54, 1.807) is 4.90 Å². The number of carbonyl (C=O) groups is 2. The molecule has 0 radical (unpaired) electrons. The molecule has 1 amide bonds. The molecule has 18 heavy (non-hydrogen) atoms. The Morgan fingerprint density at radius 1 is 1.22 bits per heavy atom. The second-order valence-electron chi connectivity index (χ2n) is 6.77. The Morgan fingerprint density at radius 3 is 2.28 bits per heavy atom. The summed E-state index contributed by atoms with van der Waals surface area (Å²) in [5.41, 5.74) is -0.419. The van der Waals surface area contributed by atoms with Gasteiger partial charge in [0.2, 0.25) is 5.91 Å². The molecule has 3 atom stereocenters. The van der Waals surface area contributed by atoms with Crippen LogP contribution < -0.4 is 0 Å². The summed E-state index contributed by atoms with van der Waals surface area (Å²) in [4.78, 5) is 25.1. The Labute approximate surface area is 108 Å². The van der Waals surface area contributed by atoms with Crippen LogP contribution in [0.15, 0.2) is 0 Å². The summed E-state index contributed by atoms with van der Waals surface area (Å²) >= 11 is 0. The monoisotopic (exact) mass is 253 g/mol. The molecule has 2 aliphatic carbocycles. The zero-order chi connectivity index (χ0) is 13.5. The van der Waals surface area contributed by atoms with Crippen molar-refractivity contribution >= 4 is 11.9 Å². The minimum Gasteiger partial charge on any atom is -0.480 e. The van der Waals surface area contributed by atoms with Crippen molar-refractivity contribution in [1.82, 2.24) is 4.90 Å². The smallest absolute Gasteiger partial charge is 0.323 e. The average molecular weight is 253 g/mol. The minimum absolute atomic E-state index is 0.0529. The zero-order valence-electron chi connectivity index (χ0n) is 11.5. The van der Waals surface area contributed by atoms with Crippen LogP contribution in [0.4, 0.5) is 0 Å². The van der Waals surface area contributed by atoms with Crippen LogP contribution in [-0.2, 0) is 9.59 Å². The van der Waals surface area contributed by atoms with Gasteiger partial charge in [-0.15, -0.1) is 0 Å². The van der Waals surface area contributed by atoms with Crippen molar-refractivity contribution in [2.24, 2.45) is 17.8 Å². The third-order valence-corrected chi connectivity index (χ3v) is 4.42. The molecule has 2 bridgehead atoms. The van der Waals surface area contributed by atoms with E-state index in [1.807, 2.05) is 20.8 Å². The molecule has 0 aromatic rings. The predicted octanol–water partition coefficient (Wildman–Crippen LogP) is 2.13. The van der Waals surface area contributed by atoms with Gasteiger partial charge < -0.3 is 10.0 Å². The first-order valence-corrected chi connectivity index (χ1v) is 6.82. The van der Waals surface area contributed by atoms with E-state index >= 15 is 0 Å². The summed E-state index contributed by atoms with van der Waals surface area (Å²) in [6, 6.07) is 0. The number of hydrogen-bond donors (Lipinski definition) is 1. The molecule has 2 saturated carbocycles. The van der Waals surface area contributed by atoms with E-state index in [-0.39, 0.29) is 18.4 Å². The van der Waals surface area contributed by atoms with E-state index in [0.29, 0.717) is 11.8 Å². The summed E-state index contributed by atoms with van der Waals surface area (Å²) in [6.07, 6.45) is 4.53. The van der Waals surface area contributed by atoms with Crippen LogP contribution in [0.3, 0.4) is 0 Å². The summed E-state index contributed by atoms with van der Waals surface area (Å²) in [6.45, 7) is 5.53. The second kappa shape index (κ2) is 4.56. The molecular weight excluding hydrogens is 230 g/mol. The Kier molecular flexibility index (Phi) is 3.39. The van der Waals surface area contributed by atoms with Gasteiger partial charge in [-0.2, -0.15) is 0 Å². The first-order chi connectivity index (χ1) is 8.29. The summed E-state index contributed by atoms with van der Waals surface area (Å²) in [5, 5.41) is 8.98. The highest BCUT2D eigenvalue weighted by molar-refractivity contribution is 5.84. The van der Waals surface area contributed by atoms with Crippen molar-refractivity contribution in [2.45, 2.75) is 52.0 Å². The number of carbonyl (C=O) groups excluding carboxylic acids is 1. The SMILES string of the molecule is CC(C)(C)N(CC(=O)O)C(=O)C1CC2CCC1C2. The lowest BCUT2D eigenvalue weighted by molar-refractivity contribution is -0.151. The molecule has 0 saturated heterocycles. The van der Waals surface area contributed by atoms with E-state index in [9.17, 15) is 9.59 Å². The quantitative estimate of drug-likeness (QED) is 0.838. The average Bonchev–Trinajstić information content (AvgIpc) is 2.84. The largest absolute Gasteiger partial charge is 0.480 e. The zero-order valence-corrected chi connectivity index (χ0v) is 11.5. The Bertz CT molecular complexity index is 359. The molecule has 2 aliphatic rings. The van der Waals surface area contributed by atoms with Crippen LogP contribution in [0.25, 0.3) is 0 Å². The number of amides is 1. The van der Waals surface area contributed by atoms with Crippen LogP contribution in [0.5, 0.6) is 0 Å². The number of nitrogens with zero attached hydrogens (tertiary/aromatic N) is 1. The highest BCUT2D eigenvalue weighted by Gasteiger charge is 2.46. The predicted molar refractivity (Wildman–Crippen MR) is 68.0 cm³/mol. The van der Waals surface area contributed by atoms with Crippen molar-refractivity contribution in [3.05, 3.63) is 0 Å². The lowest BCUT2D eigenvalue weighted by Crippen LogP contribution is -2.51. The van der Waals surface area contributed by atoms with Gasteiger partial charge in [0.05, 0.1) is 0 Å². The van der Waals surface area contributed by atoms with Crippen LogP contribution >= 0.6 is 0 Å². The molecule has 2 rings (SSSR count). The maximum Gasteiger partial charge on any atom is 0.323 e. The number of hydrogen-bond acceptors (Lipinski definition) is 2. The number of carboxylic acid groups (broad SMARTS) is 1. The van der Waals surface area contributed by atoms with Gasteiger partial charge in [-0.05, 0) is 51.9 Å². The molecule has 2 fully saturated rings. The van der Waals surface area contributed by atoms with Gasteiger partial charge in [-0.1, -0.05) is 6.42 Å². The fourth-order valence-corrected chi connectivity index (χ4v) is 3.53. The standard InChI is InChI=1S/C14H23NO3/c1-14(2,3)15(8-12(16)17)13(18)11-7-9-4-5-10(11)6-9/h9-11H,4-8H2,1-3H3,(H,16,17). The highest BCUT2D eigenvalue weighted by atomic mass is 16.4. The van der Waals surface area contributed by atoms with E-state index in [4.69, 9.17) is 5.11 Å². The van der Waals surface area contributed by atoms with Crippen molar-refractivity contribution in [3.63, 3.8) is 0 Å². The lowest BCUT2D eigenvalue weighted by atomic mass is 9.86. The minimum atomic E-state index is -0.929. The molecule has 0 spiro atoms. The number of aliphatic carboxylic acids is 1. The summed E-state index contributed by atoms with van der Waals surface area (Å²) in [7, 11) is 0. The van der Waals surface area contributed by atoms with Gasteiger partial charge in [-0.25, -0.2) is 0 Å². The maximum absolute atomic E-state index is 12.6. The normalized spacial score (nSPS) is 30.5. The van der Waals surface area contributed by atoms with Crippen molar-refractivity contribution in [2.75, 3.05) is 6.54 Å². The molecule has 0 aromatic carbocycles. The van der Waals surface area contributed by atoms with E-state index < -0.39 is 11.5 Å². The van der Waals surface area contributed by atoms with Crippen LogP contribution in [0.2, 0.25) is 0 Å². The molecule has 0 aromatic heterocycles. The molecule has 0 aliphatic heterocycles. The molecule has 4 heteroatoms. The maximum atomic E-state index is 12.6. The first-order valence-electron chi connectivity index (χ1n) is 6.82. The van der Waals surface area contributed by atoms with Gasteiger partial charge in [0, 0.05) is 11.5 Å². The second-order valence-corrected chi connectivity index (χ2v) is 6.77. The van der Waals surface area contributed by atoms with E-state index in [2.05, 4.69) is 0 Å². The molecule has 3 unspecified atom stereocenters. The number of carboxylic acids is 1. The highest BCUT2D eigenvalue weighted by Crippen LogP contribution is 2.49. The van der Waals surface area contributed by atoms with Crippen LogP contribution in [0, 0.1) is 17.8 Å². The van der Waals surface area contributed by atoms with Crippen LogP contribution in [-0.4, -0.2) is 34.0 Å². The Hall–Kier alpha value is -1.06. The molecular formula is C14H23NO3. The van der Waals surface area contributed by atoms with Gasteiger partial charge in [0.1, 0.15) is 6.54 Å². The number of rotatable bonds is 3. The first kappa shape index (κ1) is 13.4. The summed E-state index contributed by atoms with van der Waals surface area (Å²) in [5.74, 6) is 0.401. The van der Waals surface area contributed by atoms with Crippen molar-refractivity contribution in [3.8, 4) is 0 Å². The lowest BCUT2D eigenvalue weighted by Gasteiger charge is -2.38. The van der Waals surface area contributed by atoms with Crippen molar-refractivity contribution < 1.29 is 14.7 Å². The Balaban J connectivity index is 2.11. The molecule has 1 N–H and O–H groups in total. The fraction of sp³-hybridized carbons (Fsp3) is 0.857. The van der Waals surface area contributed by atoms with Crippen LogP contribution in [0.1, 0.15) is 46.5 Å². The molecule has 4 nitrogen and oxygen atoms in total. The molecule has 0 heterocycles. The summed E-state index contributed by atoms with van der Waals surface area (Å²) < 4.78 is 0. The van der Waals surface area contributed by atoms with Gasteiger partial charge in [0.25, 0.3) is 0 Å². The Morgan fingerprint density at radius 2 is 1.89 bits per heavy atom.